The zero-order valence-electron chi connectivity index (χ0n) is 18.7. The summed E-state index contributed by atoms with van der Waals surface area (Å²) in [5, 5.41) is 3.44. The molecular weight excluding hydrogens is 488 g/mol. The predicted molar refractivity (Wildman–Crippen MR) is 129 cm³/mol. The maximum absolute atomic E-state index is 11.0. The minimum Gasteiger partial charge on any atom is -0.744 e. The van der Waals surface area contributed by atoms with Crippen molar-refractivity contribution in [3.63, 3.8) is 0 Å². The van der Waals surface area contributed by atoms with Crippen LogP contribution in [0.1, 0.15) is 22.3 Å². The summed E-state index contributed by atoms with van der Waals surface area (Å²) < 4.78 is 66.2. The Balaban J connectivity index is 0.000000227. The predicted octanol–water partition coefficient (Wildman–Crippen LogP) is 4.34. The molecule has 0 radical (unpaired) electrons. The second kappa shape index (κ2) is 10.4. The monoisotopic (exact) mass is 510 g/mol. The fourth-order valence-corrected chi connectivity index (χ4v) is 5.01. The van der Waals surface area contributed by atoms with Crippen molar-refractivity contribution in [1.29, 1.82) is 0 Å². The van der Waals surface area contributed by atoms with Crippen molar-refractivity contribution < 1.29 is 25.9 Å². The molecule has 168 valence electrons. The molecule has 0 saturated carbocycles. The Bertz CT molecular complexity index is 1440. The van der Waals surface area contributed by atoms with E-state index in [4.69, 9.17) is 0 Å². The first kappa shape index (κ1) is 27.7. The number of benzene rings is 4. The van der Waals surface area contributed by atoms with Gasteiger partial charge >= 0.3 is 37.7 Å². The van der Waals surface area contributed by atoms with Gasteiger partial charge in [0.2, 0.25) is 0 Å². The molecule has 0 atom stereocenters. The van der Waals surface area contributed by atoms with Gasteiger partial charge < -0.3 is 9.11 Å². The van der Waals surface area contributed by atoms with Crippen LogP contribution in [0.15, 0.2) is 70.5 Å². The third-order valence-electron chi connectivity index (χ3n) is 5.12. The summed E-state index contributed by atoms with van der Waals surface area (Å²) in [6, 6.07) is 17.8. The van der Waals surface area contributed by atoms with E-state index in [-0.39, 0.29) is 47.5 Å². The molecule has 0 aromatic heterocycles. The average Bonchev–Trinajstić information content (AvgIpc) is 2.66. The summed E-state index contributed by atoms with van der Waals surface area (Å²) in [5.74, 6) is 0. The van der Waals surface area contributed by atoms with Crippen LogP contribution in [-0.4, -0.2) is 63.7 Å². The Morgan fingerprint density at radius 2 is 0.848 bits per heavy atom. The third kappa shape index (κ3) is 6.76. The van der Waals surface area contributed by atoms with Gasteiger partial charge in [0.05, 0.1) is 9.79 Å². The van der Waals surface area contributed by atoms with E-state index < -0.39 is 20.2 Å². The molecule has 9 heteroatoms. The van der Waals surface area contributed by atoms with Gasteiger partial charge in [0, 0.05) is 0 Å². The number of hydrogen-bond donors (Lipinski definition) is 0. The van der Waals surface area contributed by atoms with Gasteiger partial charge in [-0.2, -0.15) is 0 Å². The van der Waals surface area contributed by atoms with Gasteiger partial charge in [-0.15, -0.1) is 0 Å². The Labute approximate surface area is 224 Å². The van der Waals surface area contributed by atoms with Crippen LogP contribution in [0, 0.1) is 27.7 Å². The van der Waals surface area contributed by atoms with Gasteiger partial charge in [-0.05, 0) is 72.5 Å². The van der Waals surface area contributed by atoms with E-state index in [2.05, 4.69) is 0 Å². The van der Waals surface area contributed by atoms with Gasteiger partial charge in [-0.25, -0.2) is 16.8 Å². The van der Waals surface area contributed by atoms with Crippen molar-refractivity contribution in [3.05, 3.63) is 82.9 Å². The van der Waals surface area contributed by atoms with E-state index in [1.165, 1.54) is 12.1 Å². The van der Waals surface area contributed by atoms with E-state index in [1.807, 2.05) is 50.2 Å². The fraction of sp³-hybridized carbons (Fsp3) is 0.167. The van der Waals surface area contributed by atoms with Crippen molar-refractivity contribution in [1.82, 2.24) is 0 Å². The fourth-order valence-electron chi connectivity index (χ4n) is 3.56. The minimum atomic E-state index is -4.39. The maximum atomic E-state index is 11.0. The van der Waals surface area contributed by atoms with Crippen LogP contribution in [0.3, 0.4) is 0 Å². The standard InChI is InChI=1S/2C12H12O3S.Ca/c2*1-8-3-4-10-6-9(2)12(16(13,14)15)7-11(10)5-8;/h2*3-7H,1-2H3,(H,13,14,15);/q;;+2/p-2. The molecule has 0 N–H and O–H groups in total. The van der Waals surface area contributed by atoms with Gasteiger partial charge in [0.1, 0.15) is 20.2 Å². The number of hydrogen-bond acceptors (Lipinski definition) is 6. The van der Waals surface area contributed by atoms with E-state index in [0.717, 1.165) is 32.7 Å². The molecule has 0 spiro atoms. The maximum Gasteiger partial charge on any atom is 2.00 e. The molecule has 6 nitrogen and oxygen atoms in total. The summed E-state index contributed by atoms with van der Waals surface area (Å²) in [5.41, 5.74) is 3.05. The summed E-state index contributed by atoms with van der Waals surface area (Å²) >= 11 is 0. The van der Waals surface area contributed by atoms with Gasteiger partial charge in [0.15, 0.2) is 0 Å². The molecule has 0 aliphatic carbocycles. The molecule has 4 aromatic rings. The smallest absolute Gasteiger partial charge is 0.744 e. The molecule has 0 amide bonds. The van der Waals surface area contributed by atoms with E-state index in [9.17, 15) is 25.9 Å². The SMILES string of the molecule is Cc1ccc2cc(C)c(S(=O)(=O)[O-])cc2c1.Cc1ccc2cc(C)c(S(=O)(=O)[O-])cc2c1.[Ca+2]. The number of rotatable bonds is 2. The molecule has 0 aliphatic heterocycles. The third-order valence-corrected chi connectivity index (χ3v) is 7.07. The zero-order valence-corrected chi connectivity index (χ0v) is 22.6. The topological polar surface area (TPSA) is 114 Å². The summed E-state index contributed by atoms with van der Waals surface area (Å²) in [7, 11) is -8.78. The Hall–Kier alpha value is -1.52. The second-order valence-corrected chi connectivity index (χ2v) is 10.5. The largest absolute Gasteiger partial charge is 2.00 e. The Morgan fingerprint density at radius 3 is 1.15 bits per heavy atom. The molecule has 0 bridgehead atoms. The van der Waals surface area contributed by atoms with Crippen LogP contribution >= 0.6 is 0 Å². The molecule has 0 aliphatic rings. The molecular formula is C24H22CaO6S2. The van der Waals surface area contributed by atoms with Crippen molar-refractivity contribution in [2.45, 2.75) is 37.5 Å². The summed E-state index contributed by atoms with van der Waals surface area (Å²) in [4.78, 5) is -0.267. The summed E-state index contributed by atoms with van der Waals surface area (Å²) in [6.07, 6.45) is 0. The molecule has 33 heavy (non-hydrogen) atoms. The Kier molecular flexibility index (Phi) is 8.73. The Morgan fingerprint density at radius 1 is 0.515 bits per heavy atom. The molecule has 0 fully saturated rings. The van der Waals surface area contributed by atoms with Crippen molar-refractivity contribution in [3.8, 4) is 0 Å². The molecule has 4 rings (SSSR count). The second-order valence-electron chi connectivity index (χ2n) is 7.84. The number of fused-ring (bicyclic) bond motifs is 2. The van der Waals surface area contributed by atoms with Crippen LogP contribution in [0.25, 0.3) is 21.5 Å². The van der Waals surface area contributed by atoms with Gasteiger partial charge in [-0.3, -0.25) is 0 Å². The first-order valence-corrected chi connectivity index (χ1v) is 12.5. The van der Waals surface area contributed by atoms with Crippen LogP contribution in [0.2, 0.25) is 0 Å². The van der Waals surface area contributed by atoms with E-state index in [0.29, 0.717) is 11.1 Å². The van der Waals surface area contributed by atoms with Crippen LogP contribution in [-0.2, 0) is 20.2 Å². The molecule has 4 aromatic carbocycles. The van der Waals surface area contributed by atoms with Gasteiger partial charge in [0.25, 0.3) is 0 Å². The molecule has 0 unspecified atom stereocenters. The zero-order chi connectivity index (χ0) is 23.8. The molecule has 0 saturated heterocycles. The normalized spacial score (nSPS) is 11.6. The summed E-state index contributed by atoms with van der Waals surface area (Å²) in [6.45, 7) is 7.10. The van der Waals surface area contributed by atoms with Gasteiger partial charge in [-0.1, -0.05) is 59.7 Å². The quantitative estimate of drug-likeness (QED) is 0.293. The van der Waals surface area contributed by atoms with E-state index >= 15 is 0 Å². The van der Waals surface area contributed by atoms with Crippen LogP contribution < -0.4 is 0 Å². The average molecular weight is 511 g/mol. The van der Waals surface area contributed by atoms with Crippen molar-refractivity contribution in [2.24, 2.45) is 0 Å². The van der Waals surface area contributed by atoms with Crippen molar-refractivity contribution >= 4 is 79.5 Å². The first-order chi connectivity index (χ1) is 14.8. The van der Waals surface area contributed by atoms with Crippen molar-refractivity contribution in [2.75, 3.05) is 0 Å². The van der Waals surface area contributed by atoms with E-state index in [1.54, 1.807) is 26.0 Å². The number of aryl methyl sites for hydroxylation is 4. The first-order valence-electron chi connectivity index (χ1n) is 9.69. The molecule has 0 heterocycles. The van der Waals surface area contributed by atoms with Crippen LogP contribution in [0.4, 0.5) is 0 Å². The van der Waals surface area contributed by atoms with Crippen LogP contribution in [0.5, 0.6) is 0 Å². The minimum absolute atomic E-state index is 0.